The van der Waals surface area contributed by atoms with Crippen molar-refractivity contribution in [2.75, 3.05) is 27.2 Å². The highest BCUT2D eigenvalue weighted by molar-refractivity contribution is 14.0. The average molecular weight is 563 g/mol. The summed E-state index contributed by atoms with van der Waals surface area (Å²) in [5, 5.41) is 7.95. The van der Waals surface area contributed by atoms with E-state index in [1.165, 1.54) is 0 Å². The number of rotatable bonds is 8. The molecule has 0 unspecified atom stereocenters. The second kappa shape index (κ2) is 13.7. The number of guanidine groups is 1. The molecule has 0 heterocycles. The number of carbonyl (C=O) groups is 1. The van der Waals surface area contributed by atoms with E-state index >= 15 is 0 Å². The van der Waals surface area contributed by atoms with E-state index in [1.54, 1.807) is 25.1 Å². The highest BCUT2D eigenvalue weighted by atomic mass is 127. The number of nitrogens with zero attached hydrogens (tertiary/aromatic N) is 2. The summed E-state index contributed by atoms with van der Waals surface area (Å²) in [6.07, 6.45) is 1.79. The number of halogens is 3. The van der Waals surface area contributed by atoms with Crippen molar-refractivity contribution in [3.05, 3.63) is 69.2 Å². The maximum atomic E-state index is 12.0. The molecule has 0 aromatic heterocycles. The van der Waals surface area contributed by atoms with Crippen molar-refractivity contribution in [3.8, 4) is 0 Å². The third kappa shape index (κ3) is 8.70. The molecule has 2 aromatic rings. The molecule has 2 aromatic carbocycles. The van der Waals surface area contributed by atoms with Crippen LogP contribution in [0.2, 0.25) is 10.0 Å². The van der Waals surface area contributed by atoms with Crippen LogP contribution in [0.3, 0.4) is 0 Å². The van der Waals surface area contributed by atoms with Gasteiger partial charge in [0.15, 0.2) is 5.96 Å². The van der Waals surface area contributed by atoms with Gasteiger partial charge in [0.25, 0.3) is 5.91 Å². The van der Waals surface area contributed by atoms with Crippen molar-refractivity contribution in [2.24, 2.45) is 4.99 Å². The zero-order valence-electron chi connectivity index (χ0n) is 17.5. The standard InChI is InChI=1S/C22H28Cl2N4O.HI/c1-4-25-22(26-13-5-6-17-11-12-19(23)14-20(17)24)27-15-16-7-9-18(10-8-16)21(29)28(2)3;/h7-12,14H,4-6,13,15H2,1-3H3,(H2,25,26,27);1H. The quantitative estimate of drug-likeness (QED) is 0.206. The lowest BCUT2D eigenvalue weighted by molar-refractivity contribution is 0.0827. The summed E-state index contributed by atoms with van der Waals surface area (Å²) >= 11 is 12.2. The second-order valence-electron chi connectivity index (χ2n) is 6.86. The predicted molar refractivity (Wildman–Crippen MR) is 137 cm³/mol. The van der Waals surface area contributed by atoms with Gasteiger partial charge in [0.05, 0.1) is 6.54 Å². The third-order valence-electron chi connectivity index (χ3n) is 4.30. The molecule has 0 aliphatic carbocycles. The first kappa shape index (κ1) is 26.5. The molecular weight excluding hydrogens is 534 g/mol. The maximum Gasteiger partial charge on any atom is 0.253 e. The lowest BCUT2D eigenvalue weighted by Gasteiger charge is -2.12. The molecule has 0 atom stereocenters. The topological polar surface area (TPSA) is 56.7 Å². The minimum absolute atomic E-state index is 0. The summed E-state index contributed by atoms with van der Waals surface area (Å²) in [6.45, 7) is 4.13. The van der Waals surface area contributed by atoms with E-state index < -0.39 is 0 Å². The van der Waals surface area contributed by atoms with Crippen LogP contribution in [-0.4, -0.2) is 44.0 Å². The number of amides is 1. The fourth-order valence-corrected chi connectivity index (χ4v) is 3.24. The van der Waals surface area contributed by atoms with Gasteiger partial charge in [-0.3, -0.25) is 4.79 Å². The highest BCUT2D eigenvalue weighted by Crippen LogP contribution is 2.21. The maximum absolute atomic E-state index is 12.0. The van der Waals surface area contributed by atoms with Crippen molar-refractivity contribution in [1.29, 1.82) is 0 Å². The molecular formula is C22H29Cl2IN4O. The highest BCUT2D eigenvalue weighted by Gasteiger charge is 2.07. The molecule has 0 saturated heterocycles. The summed E-state index contributed by atoms with van der Waals surface area (Å²) in [5.74, 6) is 0.763. The van der Waals surface area contributed by atoms with E-state index in [-0.39, 0.29) is 29.9 Å². The van der Waals surface area contributed by atoms with E-state index in [2.05, 4.69) is 15.6 Å². The Morgan fingerprint density at radius 1 is 1.07 bits per heavy atom. The van der Waals surface area contributed by atoms with Gasteiger partial charge in [-0.05, 0) is 55.2 Å². The van der Waals surface area contributed by atoms with E-state index in [1.807, 2.05) is 43.3 Å². The van der Waals surface area contributed by atoms with Crippen LogP contribution >= 0.6 is 47.2 Å². The van der Waals surface area contributed by atoms with Crippen molar-refractivity contribution >= 4 is 59.0 Å². The van der Waals surface area contributed by atoms with Gasteiger partial charge in [0, 0.05) is 42.8 Å². The number of benzene rings is 2. The van der Waals surface area contributed by atoms with Gasteiger partial charge in [-0.15, -0.1) is 24.0 Å². The number of nitrogens with one attached hydrogen (secondary N) is 2. The molecule has 0 aliphatic heterocycles. The first-order valence-corrected chi connectivity index (χ1v) is 10.4. The van der Waals surface area contributed by atoms with Crippen LogP contribution in [0.25, 0.3) is 0 Å². The van der Waals surface area contributed by atoms with Gasteiger partial charge in [0.1, 0.15) is 0 Å². The summed E-state index contributed by atoms with van der Waals surface area (Å²) in [6, 6.07) is 13.1. The van der Waals surface area contributed by atoms with Gasteiger partial charge in [-0.2, -0.15) is 0 Å². The van der Waals surface area contributed by atoms with Crippen LogP contribution < -0.4 is 10.6 Å². The Morgan fingerprint density at radius 2 is 1.77 bits per heavy atom. The Kier molecular flexibility index (Phi) is 12.1. The Morgan fingerprint density at radius 3 is 2.37 bits per heavy atom. The number of aliphatic imine (C=N–C) groups is 1. The molecule has 0 fully saturated rings. The monoisotopic (exact) mass is 562 g/mol. The normalized spacial score (nSPS) is 10.9. The van der Waals surface area contributed by atoms with Gasteiger partial charge >= 0.3 is 0 Å². The van der Waals surface area contributed by atoms with Crippen molar-refractivity contribution in [2.45, 2.75) is 26.3 Å². The molecule has 8 heteroatoms. The van der Waals surface area contributed by atoms with Gasteiger partial charge in [-0.1, -0.05) is 41.4 Å². The SMILES string of the molecule is CCNC(=NCc1ccc(C(=O)N(C)C)cc1)NCCCc1ccc(Cl)cc1Cl.I. The van der Waals surface area contributed by atoms with Crippen LogP contribution in [-0.2, 0) is 13.0 Å². The summed E-state index contributed by atoms with van der Waals surface area (Å²) < 4.78 is 0. The zero-order valence-corrected chi connectivity index (χ0v) is 21.4. The summed E-state index contributed by atoms with van der Waals surface area (Å²) in [4.78, 5) is 18.1. The first-order valence-electron chi connectivity index (χ1n) is 9.67. The lowest BCUT2D eigenvalue weighted by atomic mass is 10.1. The summed E-state index contributed by atoms with van der Waals surface area (Å²) in [5.41, 5.74) is 2.81. The van der Waals surface area contributed by atoms with Crippen LogP contribution in [0.4, 0.5) is 0 Å². The minimum atomic E-state index is -0.00384. The van der Waals surface area contributed by atoms with E-state index in [9.17, 15) is 4.79 Å². The summed E-state index contributed by atoms with van der Waals surface area (Å²) in [7, 11) is 3.49. The molecule has 0 saturated carbocycles. The second-order valence-corrected chi connectivity index (χ2v) is 7.70. The molecule has 0 spiro atoms. The van der Waals surface area contributed by atoms with Gasteiger partial charge in [0.2, 0.25) is 0 Å². The fourth-order valence-electron chi connectivity index (χ4n) is 2.73. The van der Waals surface area contributed by atoms with E-state index in [0.717, 1.165) is 43.0 Å². The fraction of sp³-hybridized carbons (Fsp3) is 0.364. The molecule has 0 radical (unpaired) electrons. The third-order valence-corrected chi connectivity index (χ3v) is 4.89. The zero-order chi connectivity index (χ0) is 21.2. The van der Waals surface area contributed by atoms with Gasteiger partial charge in [-0.25, -0.2) is 4.99 Å². The molecule has 0 aliphatic rings. The average Bonchev–Trinajstić information content (AvgIpc) is 2.70. The molecule has 30 heavy (non-hydrogen) atoms. The van der Waals surface area contributed by atoms with Crippen molar-refractivity contribution in [3.63, 3.8) is 0 Å². The largest absolute Gasteiger partial charge is 0.357 e. The first-order chi connectivity index (χ1) is 13.9. The smallest absolute Gasteiger partial charge is 0.253 e. The molecule has 1 amide bonds. The number of hydrogen-bond donors (Lipinski definition) is 2. The number of carbonyl (C=O) groups excluding carboxylic acids is 1. The van der Waals surface area contributed by atoms with Crippen LogP contribution in [0, 0.1) is 0 Å². The Hall–Kier alpha value is -1.51. The van der Waals surface area contributed by atoms with Crippen LogP contribution in [0.5, 0.6) is 0 Å². The van der Waals surface area contributed by atoms with E-state index in [4.69, 9.17) is 23.2 Å². The van der Waals surface area contributed by atoms with Crippen molar-refractivity contribution in [1.82, 2.24) is 15.5 Å². The number of aryl methyl sites for hydroxylation is 1. The molecule has 2 rings (SSSR count). The Labute approximate surface area is 206 Å². The Balaban J connectivity index is 0.00000450. The molecule has 164 valence electrons. The van der Waals surface area contributed by atoms with Crippen LogP contribution in [0.15, 0.2) is 47.5 Å². The van der Waals surface area contributed by atoms with Crippen molar-refractivity contribution < 1.29 is 4.79 Å². The van der Waals surface area contributed by atoms with E-state index in [0.29, 0.717) is 22.2 Å². The molecule has 0 bridgehead atoms. The predicted octanol–water partition coefficient (Wildman–Crippen LogP) is 5.00. The molecule has 2 N–H and O–H groups in total. The van der Waals surface area contributed by atoms with Crippen LogP contribution in [0.1, 0.15) is 34.8 Å². The minimum Gasteiger partial charge on any atom is -0.357 e. The molecule has 5 nitrogen and oxygen atoms in total. The lowest BCUT2D eigenvalue weighted by Crippen LogP contribution is -2.37. The number of hydrogen-bond acceptors (Lipinski definition) is 2. The van der Waals surface area contributed by atoms with Gasteiger partial charge < -0.3 is 15.5 Å². The Bertz CT molecular complexity index is 842.